The molecule has 0 radical (unpaired) electrons. The minimum atomic E-state index is -0.796. The van der Waals surface area contributed by atoms with Crippen molar-refractivity contribution in [3.8, 4) is 0 Å². The fourth-order valence-electron chi connectivity index (χ4n) is 2.39. The first-order valence-electron chi connectivity index (χ1n) is 9.08. The van der Waals surface area contributed by atoms with Crippen molar-refractivity contribution in [3.05, 3.63) is 57.6 Å². The number of rotatable bonds is 6. The largest absolute Gasteiger partial charge is 0.355 e. The minimum absolute atomic E-state index is 0.0688. The number of halogens is 1. The van der Waals surface area contributed by atoms with E-state index in [1.54, 1.807) is 0 Å². The van der Waals surface area contributed by atoms with Crippen LogP contribution in [0.1, 0.15) is 37.0 Å². The van der Waals surface area contributed by atoms with Gasteiger partial charge >= 0.3 is 11.8 Å². The maximum atomic E-state index is 11.8. The van der Waals surface area contributed by atoms with E-state index in [0.29, 0.717) is 0 Å². The molecule has 3 N–H and O–H groups in total. The molecule has 0 fully saturated rings. The Balaban J connectivity index is 2.14. The van der Waals surface area contributed by atoms with Crippen molar-refractivity contribution >= 4 is 45.3 Å². The second kappa shape index (κ2) is 10.0. The molecule has 2 aromatic rings. The summed E-state index contributed by atoms with van der Waals surface area (Å²) in [5.41, 5.74) is 7.20. The van der Waals surface area contributed by atoms with Crippen molar-refractivity contribution < 1.29 is 9.59 Å². The van der Waals surface area contributed by atoms with Crippen molar-refractivity contribution in [2.24, 2.45) is 5.10 Å². The summed E-state index contributed by atoms with van der Waals surface area (Å²) < 4.78 is 0.876. The maximum Gasteiger partial charge on any atom is 0.329 e. The van der Waals surface area contributed by atoms with Crippen molar-refractivity contribution in [1.82, 2.24) is 10.7 Å². The van der Waals surface area contributed by atoms with Crippen LogP contribution in [0.2, 0.25) is 0 Å². The highest BCUT2D eigenvalue weighted by molar-refractivity contribution is 9.10. The molecule has 0 aliphatic rings. The van der Waals surface area contributed by atoms with Gasteiger partial charge in [0, 0.05) is 27.5 Å². The van der Waals surface area contributed by atoms with E-state index in [-0.39, 0.29) is 6.04 Å². The van der Waals surface area contributed by atoms with Gasteiger partial charge in [0.25, 0.3) is 0 Å². The fraction of sp³-hybridized carbons (Fsp3) is 0.286. The normalized spacial score (nSPS) is 11.9. The molecule has 7 heteroatoms. The van der Waals surface area contributed by atoms with Gasteiger partial charge in [-0.1, -0.05) is 35.0 Å². The first-order chi connectivity index (χ1) is 13.3. The van der Waals surface area contributed by atoms with Crippen LogP contribution < -0.4 is 16.1 Å². The number of aryl methyl sites for hydroxylation is 1. The van der Waals surface area contributed by atoms with Gasteiger partial charge in [-0.2, -0.15) is 5.10 Å². The Kier molecular flexibility index (Phi) is 7.75. The Morgan fingerprint density at radius 2 is 1.89 bits per heavy atom. The second-order valence-corrected chi connectivity index (χ2v) is 7.50. The third kappa shape index (κ3) is 5.92. The third-order valence-electron chi connectivity index (χ3n) is 4.45. The van der Waals surface area contributed by atoms with Crippen LogP contribution in [-0.2, 0) is 9.59 Å². The molecule has 0 spiro atoms. The average Bonchev–Trinajstić information content (AvgIpc) is 2.66. The lowest BCUT2D eigenvalue weighted by atomic mass is 10.1. The van der Waals surface area contributed by atoms with Gasteiger partial charge in [-0.3, -0.25) is 9.59 Å². The molecule has 6 nitrogen and oxygen atoms in total. The van der Waals surface area contributed by atoms with Crippen molar-refractivity contribution in [1.29, 1.82) is 0 Å². The molecule has 0 unspecified atom stereocenters. The Labute approximate surface area is 173 Å². The van der Waals surface area contributed by atoms with Gasteiger partial charge in [-0.25, -0.2) is 5.43 Å². The monoisotopic (exact) mass is 444 g/mol. The zero-order valence-corrected chi connectivity index (χ0v) is 18.1. The van der Waals surface area contributed by atoms with Crippen molar-refractivity contribution in [2.75, 3.05) is 5.32 Å². The number of amides is 2. The third-order valence-corrected chi connectivity index (χ3v) is 4.95. The summed E-state index contributed by atoms with van der Waals surface area (Å²) in [6.07, 6.45) is 2.25. The van der Waals surface area contributed by atoms with E-state index in [9.17, 15) is 9.59 Å². The number of hydrogen-bond acceptors (Lipinski definition) is 4. The highest BCUT2D eigenvalue weighted by atomic mass is 79.9. The molecule has 2 aromatic carbocycles. The lowest BCUT2D eigenvalue weighted by molar-refractivity contribution is -0.139. The summed E-state index contributed by atoms with van der Waals surface area (Å²) in [7, 11) is 0. The molecule has 0 heterocycles. The summed E-state index contributed by atoms with van der Waals surface area (Å²) in [6.45, 7) is 7.88. The maximum absolute atomic E-state index is 11.8. The highest BCUT2D eigenvalue weighted by Gasteiger charge is 2.14. The fourth-order valence-corrected chi connectivity index (χ4v) is 2.77. The van der Waals surface area contributed by atoms with Gasteiger partial charge in [0.05, 0.1) is 6.21 Å². The number of hydrogen-bond donors (Lipinski definition) is 3. The van der Waals surface area contributed by atoms with E-state index < -0.39 is 11.8 Å². The molecule has 0 aromatic heterocycles. The minimum Gasteiger partial charge on any atom is -0.355 e. The van der Waals surface area contributed by atoms with Crippen LogP contribution in [0, 0.1) is 13.8 Å². The second-order valence-electron chi connectivity index (χ2n) is 6.59. The molecule has 0 saturated carbocycles. The number of anilines is 2. The Hall–Kier alpha value is -2.67. The quantitative estimate of drug-likeness (QED) is 0.355. The molecule has 1 atom stereocenters. The van der Waals surface area contributed by atoms with Crippen LogP contribution in [0.3, 0.4) is 0 Å². The molecule has 0 saturated heterocycles. The Bertz CT molecular complexity index is 896. The van der Waals surface area contributed by atoms with E-state index in [4.69, 9.17) is 0 Å². The predicted molar refractivity (Wildman–Crippen MR) is 117 cm³/mol. The topological polar surface area (TPSA) is 82.6 Å². The van der Waals surface area contributed by atoms with Crippen LogP contribution in [0.25, 0.3) is 0 Å². The summed E-state index contributed by atoms with van der Waals surface area (Å²) in [4.78, 5) is 23.6. The molecule has 0 bridgehead atoms. The van der Waals surface area contributed by atoms with Gasteiger partial charge in [-0.15, -0.1) is 0 Å². The molecule has 2 rings (SSSR count). The lowest BCUT2D eigenvalue weighted by Crippen LogP contribution is -2.41. The predicted octanol–water partition coefficient (Wildman–Crippen LogP) is 4.17. The smallest absolute Gasteiger partial charge is 0.329 e. The number of hydrazone groups is 1. The number of benzene rings is 2. The number of carbonyl (C=O) groups is 2. The number of carbonyl (C=O) groups excluding carboxylic acids is 2. The van der Waals surface area contributed by atoms with Gasteiger partial charge < -0.3 is 10.6 Å². The van der Waals surface area contributed by atoms with Crippen LogP contribution in [0.15, 0.2) is 46.0 Å². The standard InChI is InChI=1S/C21H25BrN4O2/c1-5-14(3)24-20(27)21(28)26-23-12-16-11-17(22)9-10-19(16)25-18-8-6-7-13(2)15(18)4/h6-12,14,25H,5H2,1-4H3,(H,24,27)(H,26,28)/b23-12-/t14-/m1/s1. The van der Waals surface area contributed by atoms with Crippen LogP contribution in [0.5, 0.6) is 0 Å². The van der Waals surface area contributed by atoms with E-state index in [2.05, 4.69) is 57.0 Å². The van der Waals surface area contributed by atoms with Gasteiger partial charge in [0.2, 0.25) is 0 Å². The molecule has 148 valence electrons. The summed E-state index contributed by atoms with van der Waals surface area (Å²) in [5.74, 6) is -1.50. The molecule has 2 amide bonds. The first kappa shape index (κ1) is 21.6. The average molecular weight is 445 g/mol. The van der Waals surface area contributed by atoms with E-state index in [1.807, 2.05) is 44.2 Å². The lowest BCUT2D eigenvalue weighted by Gasteiger charge is -2.14. The molecule has 0 aliphatic heterocycles. The Morgan fingerprint density at radius 1 is 1.14 bits per heavy atom. The molecule has 0 aliphatic carbocycles. The zero-order valence-electron chi connectivity index (χ0n) is 16.5. The van der Waals surface area contributed by atoms with Crippen molar-refractivity contribution in [3.63, 3.8) is 0 Å². The molecular formula is C21H25BrN4O2. The Morgan fingerprint density at radius 3 is 2.61 bits per heavy atom. The van der Waals surface area contributed by atoms with E-state index in [0.717, 1.165) is 33.4 Å². The summed E-state index contributed by atoms with van der Waals surface area (Å²) >= 11 is 3.45. The molecular weight excluding hydrogens is 420 g/mol. The van der Waals surface area contributed by atoms with Gasteiger partial charge in [0.1, 0.15) is 0 Å². The van der Waals surface area contributed by atoms with Crippen LogP contribution in [-0.4, -0.2) is 24.1 Å². The highest BCUT2D eigenvalue weighted by Crippen LogP contribution is 2.26. The van der Waals surface area contributed by atoms with E-state index >= 15 is 0 Å². The SMILES string of the molecule is CC[C@@H](C)NC(=O)C(=O)N/N=C\c1cc(Br)ccc1Nc1cccc(C)c1C. The summed E-state index contributed by atoms with van der Waals surface area (Å²) in [5, 5.41) is 9.93. The zero-order chi connectivity index (χ0) is 20.7. The van der Waals surface area contributed by atoms with Crippen molar-refractivity contribution in [2.45, 2.75) is 40.2 Å². The van der Waals surface area contributed by atoms with Crippen LogP contribution in [0.4, 0.5) is 11.4 Å². The van der Waals surface area contributed by atoms with Gasteiger partial charge in [-0.05, 0) is 62.6 Å². The summed E-state index contributed by atoms with van der Waals surface area (Å²) in [6, 6.07) is 11.7. The number of nitrogens with zero attached hydrogens (tertiary/aromatic N) is 1. The van der Waals surface area contributed by atoms with Crippen LogP contribution >= 0.6 is 15.9 Å². The van der Waals surface area contributed by atoms with Gasteiger partial charge in [0.15, 0.2) is 0 Å². The molecule has 28 heavy (non-hydrogen) atoms. The first-order valence-corrected chi connectivity index (χ1v) is 9.87. The van der Waals surface area contributed by atoms with E-state index in [1.165, 1.54) is 11.8 Å². The number of nitrogens with one attached hydrogen (secondary N) is 3.